The van der Waals surface area contributed by atoms with Crippen LogP contribution in [0.25, 0.3) is 0 Å². The first-order chi connectivity index (χ1) is 13.8. The maximum Gasteiger partial charge on any atom is 0.261 e. The fourth-order valence-corrected chi connectivity index (χ4v) is 3.46. The van der Waals surface area contributed by atoms with Crippen molar-refractivity contribution in [1.29, 1.82) is 0 Å². The Morgan fingerprint density at radius 2 is 1.72 bits per heavy atom. The molecule has 0 saturated heterocycles. The van der Waals surface area contributed by atoms with Gasteiger partial charge in [0.1, 0.15) is 0 Å². The maximum atomic E-state index is 12.5. The van der Waals surface area contributed by atoms with Crippen molar-refractivity contribution in [3.05, 3.63) is 63.6 Å². The lowest BCUT2D eigenvalue weighted by atomic mass is 10.1. The highest BCUT2D eigenvalue weighted by molar-refractivity contribution is 9.10. The maximum absolute atomic E-state index is 12.5. The number of rotatable bonds is 6. The van der Waals surface area contributed by atoms with E-state index in [-0.39, 0.29) is 36.6 Å². The van der Waals surface area contributed by atoms with Crippen molar-refractivity contribution in [3.63, 3.8) is 0 Å². The smallest absolute Gasteiger partial charge is 0.261 e. The monoisotopic (exact) mass is 457 g/mol. The number of hydrogen-bond acceptors (Lipinski definition) is 4. The summed E-state index contributed by atoms with van der Waals surface area (Å²) in [6.07, 6.45) is 0.434. The largest absolute Gasteiger partial charge is 0.345 e. The van der Waals surface area contributed by atoms with E-state index in [1.165, 1.54) is 4.90 Å². The number of para-hydroxylation sites is 1. The molecule has 0 radical (unpaired) electrons. The van der Waals surface area contributed by atoms with Crippen molar-refractivity contribution in [3.8, 4) is 0 Å². The number of nitrogens with zero attached hydrogens (tertiary/aromatic N) is 2. The molecule has 0 aliphatic carbocycles. The van der Waals surface area contributed by atoms with E-state index in [9.17, 15) is 19.2 Å². The molecule has 150 valence electrons. The van der Waals surface area contributed by atoms with Gasteiger partial charge in [0.2, 0.25) is 5.91 Å². The van der Waals surface area contributed by atoms with Gasteiger partial charge in [0.25, 0.3) is 17.7 Å². The van der Waals surface area contributed by atoms with Crippen LogP contribution in [0.5, 0.6) is 0 Å². The lowest BCUT2D eigenvalue weighted by Crippen LogP contribution is -2.31. The molecule has 1 aliphatic rings. The van der Waals surface area contributed by atoms with Gasteiger partial charge in [-0.1, -0.05) is 28.1 Å². The van der Waals surface area contributed by atoms with Crippen LogP contribution in [0, 0.1) is 0 Å². The quantitative estimate of drug-likeness (QED) is 0.674. The number of halogens is 1. The second kappa shape index (κ2) is 8.57. The summed E-state index contributed by atoms with van der Waals surface area (Å²) in [7, 11) is 3.28. The minimum absolute atomic E-state index is 0.113. The average molecular weight is 458 g/mol. The van der Waals surface area contributed by atoms with E-state index in [0.29, 0.717) is 28.8 Å². The van der Waals surface area contributed by atoms with E-state index in [0.717, 1.165) is 9.37 Å². The second-order valence-corrected chi connectivity index (χ2v) is 7.76. The first kappa shape index (κ1) is 20.7. The Kier molecular flexibility index (Phi) is 6.12. The second-order valence-electron chi connectivity index (χ2n) is 6.85. The van der Waals surface area contributed by atoms with Gasteiger partial charge in [-0.3, -0.25) is 24.1 Å². The highest BCUT2D eigenvalue weighted by atomic mass is 79.9. The number of hydrogen-bond donors (Lipinski definition) is 1. The number of carbonyl (C=O) groups is 4. The number of anilines is 1. The molecular weight excluding hydrogens is 438 g/mol. The van der Waals surface area contributed by atoms with E-state index >= 15 is 0 Å². The Morgan fingerprint density at radius 1 is 1.03 bits per heavy atom. The number of fused-ring (bicyclic) bond motifs is 1. The van der Waals surface area contributed by atoms with Crippen molar-refractivity contribution >= 4 is 45.2 Å². The average Bonchev–Trinajstić information content (AvgIpc) is 2.92. The molecule has 0 bridgehead atoms. The molecule has 0 spiro atoms. The normalized spacial score (nSPS) is 12.7. The van der Waals surface area contributed by atoms with E-state index in [2.05, 4.69) is 21.2 Å². The number of amides is 4. The molecule has 1 heterocycles. The Morgan fingerprint density at radius 3 is 2.45 bits per heavy atom. The van der Waals surface area contributed by atoms with Crippen molar-refractivity contribution in [2.75, 3.05) is 26.0 Å². The molecular formula is C21H20BrN3O4. The van der Waals surface area contributed by atoms with Crippen LogP contribution in [0.15, 0.2) is 46.9 Å². The Bertz CT molecular complexity index is 1000. The molecule has 0 atom stereocenters. The van der Waals surface area contributed by atoms with E-state index in [1.807, 2.05) is 0 Å². The van der Waals surface area contributed by atoms with Gasteiger partial charge in [0, 0.05) is 31.5 Å². The summed E-state index contributed by atoms with van der Waals surface area (Å²) in [5.41, 5.74) is 1.57. The SMILES string of the molecule is CN(C)C(=O)c1ccccc1NC(=O)CCCN1C(=O)c2ccc(Br)cc2C1=O. The van der Waals surface area contributed by atoms with Crippen LogP contribution in [0.4, 0.5) is 5.69 Å². The van der Waals surface area contributed by atoms with Crippen LogP contribution in [0.1, 0.15) is 43.9 Å². The van der Waals surface area contributed by atoms with Gasteiger partial charge in [0.15, 0.2) is 0 Å². The Hall–Kier alpha value is -3.00. The number of benzene rings is 2. The third-order valence-corrected chi connectivity index (χ3v) is 5.05. The summed E-state index contributed by atoms with van der Waals surface area (Å²) in [5.74, 6) is -1.20. The van der Waals surface area contributed by atoms with Gasteiger partial charge in [-0.05, 0) is 36.8 Å². The highest BCUT2D eigenvalue weighted by Crippen LogP contribution is 2.26. The number of nitrogens with one attached hydrogen (secondary N) is 1. The fourth-order valence-electron chi connectivity index (χ4n) is 3.10. The van der Waals surface area contributed by atoms with E-state index < -0.39 is 0 Å². The Labute approximate surface area is 176 Å². The van der Waals surface area contributed by atoms with Crippen molar-refractivity contribution in [1.82, 2.24) is 9.80 Å². The van der Waals surface area contributed by atoms with Crippen molar-refractivity contribution in [2.45, 2.75) is 12.8 Å². The molecule has 2 aromatic carbocycles. The van der Waals surface area contributed by atoms with Crippen LogP contribution in [-0.2, 0) is 4.79 Å². The number of carbonyl (C=O) groups excluding carboxylic acids is 4. The molecule has 0 saturated carbocycles. The zero-order chi connectivity index (χ0) is 21.1. The summed E-state index contributed by atoms with van der Waals surface area (Å²) in [4.78, 5) is 52.0. The van der Waals surface area contributed by atoms with Crippen LogP contribution in [0.3, 0.4) is 0 Å². The standard InChI is InChI=1S/C21H20BrN3O4/c1-24(2)19(27)15-6-3-4-7-17(15)23-18(26)8-5-11-25-20(28)14-10-9-13(22)12-16(14)21(25)29/h3-4,6-7,9-10,12H,5,8,11H2,1-2H3,(H,23,26). The minimum Gasteiger partial charge on any atom is -0.345 e. The molecule has 8 heteroatoms. The Balaban J connectivity index is 1.59. The molecule has 1 N–H and O–H groups in total. The summed E-state index contributed by atoms with van der Waals surface area (Å²) in [6.45, 7) is 0.148. The molecule has 3 rings (SSSR count). The summed E-state index contributed by atoms with van der Waals surface area (Å²) in [5, 5.41) is 2.74. The van der Waals surface area contributed by atoms with Gasteiger partial charge >= 0.3 is 0 Å². The van der Waals surface area contributed by atoms with Gasteiger partial charge in [0.05, 0.1) is 22.4 Å². The molecule has 4 amide bonds. The lowest BCUT2D eigenvalue weighted by molar-refractivity contribution is -0.116. The van der Waals surface area contributed by atoms with E-state index in [1.54, 1.807) is 56.6 Å². The van der Waals surface area contributed by atoms with Gasteiger partial charge < -0.3 is 10.2 Å². The summed E-state index contributed by atoms with van der Waals surface area (Å²) in [6, 6.07) is 11.7. The van der Waals surface area contributed by atoms with Gasteiger partial charge in [-0.2, -0.15) is 0 Å². The molecule has 2 aromatic rings. The van der Waals surface area contributed by atoms with Crippen molar-refractivity contribution in [2.24, 2.45) is 0 Å². The first-order valence-corrected chi connectivity index (χ1v) is 9.85. The van der Waals surface area contributed by atoms with Crippen LogP contribution < -0.4 is 5.32 Å². The predicted octanol–water partition coefficient (Wildman–Crippen LogP) is 3.17. The minimum atomic E-state index is -0.353. The summed E-state index contributed by atoms with van der Waals surface area (Å²) >= 11 is 3.30. The predicted molar refractivity (Wildman–Crippen MR) is 112 cm³/mol. The molecule has 29 heavy (non-hydrogen) atoms. The third kappa shape index (κ3) is 4.37. The third-order valence-electron chi connectivity index (χ3n) is 4.56. The van der Waals surface area contributed by atoms with Crippen LogP contribution in [-0.4, -0.2) is 54.1 Å². The van der Waals surface area contributed by atoms with Crippen LogP contribution >= 0.6 is 15.9 Å². The number of imide groups is 1. The zero-order valence-electron chi connectivity index (χ0n) is 16.1. The zero-order valence-corrected chi connectivity index (χ0v) is 17.7. The molecule has 0 unspecified atom stereocenters. The summed E-state index contributed by atoms with van der Waals surface area (Å²) < 4.78 is 0.726. The molecule has 1 aliphatic heterocycles. The molecule has 7 nitrogen and oxygen atoms in total. The van der Waals surface area contributed by atoms with Gasteiger partial charge in [-0.15, -0.1) is 0 Å². The topological polar surface area (TPSA) is 86.8 Å². The highest BCUT2D eigenvalue weighted by Gasteiger charge is 2.35. The van der Waals surface area contributed by atoms with Crippen LogP contribution in [0.2, 0.25) is 0 Å². The first-order valence-electron chi connectivity index (χ1n) is 9.06. The van der Waals surface area contributed by atoms with Crippen molar-refractivity contribution < 1.29 is 19.2 Å². The lowest BCUT2D eigenvalue weighted by Gasteiger charge is -2.15. The van der Waals surface area contributed by atoms with Gasteiger partial charge in [-0.25, -0.2) is 0 Å². The molecule has 0 fully saturated rings. The van der Waals surface area contributed by atoms with E-state index in [4.69, 9.17) is 0 Å². The molecule has 0 aromatic heterocycles. The fraction of sp³-hybridized carbons (Fsp3) is 0.238.